The molecule has 4 heteroatoms. The van der Waals surface area contributed by atoms with Crippen molar-refractivity contribution in [1.82, 2.24) is 4.98 Å². The number of carbonyl (C=O) groups is 1. The maximum absolute atomic E-state index is 11.3. The van der Waals surface area contributed by atoms with E-state index >= 15 is 0 Å². The predicted molar refractivity (Wildman–Crippen MR) is 91.9 cm³/mol. The second kappa shape index (κ2) is 6.48. The van der Waals surface area contributed by atoms with E-state index in [1.807, 2.05) is 43.3 Å². The number of esters is 1. The molecule has 0 aliphatic heterocycles. The van der Waals surface area contributed by atoms with Gasteiger partial charge < -0.3 is 10.1 Å². The van der Waals surface area contributed by atoms with Gasteiger partial charge in [-0.05, 0) is 36.1 Å². The SMILES string of the molecule is COC(=O)Cc1ccc(Nc2nc(C)cc3ccccc23)cc1. The van der Waals surface area contributed by atoms with Crippen LogP contribution in [0.2, 0.25) is 0 Å². The third-order valence-electron chi connectivity index (χ3n) is 3.66. The number of nitrogens with one attached hydrogen (secondary N) is 1. The average molecular weight is 306 g/mol. The molecule has 0 saturated carbocycles. The molecule has 1 aromatic heterocycles. The predicted octanol–water partition coefficient (Wildman–Crippen LogP) is 4.00. The average Bonchev–Trinajstić information content (AvgIpc) is 2.56. The normalized spacial score (nSPS) is 10.5. The number of carbonyl (C=O) groups excluding carboxylic acids is 1. The van der Waals surface area contributed by atoms with Crippen LogP contribution in [0.5, 0.6) is 0 Å². The summed E-state index contributed by atoms with van der Waals surface area (Å²) in [6.07, 6.45) is 0.280. The van der Waals surface area contributed by atoms with Crippen LogP contribution in [-0.2, 0) is 16.0 Å². The highest BCUT2D eigenvalue weighted by Gasteiger charge is 2.06. The number of benzene rings is 2. The smallest absolute Gasteiger partial charge is 0.309 e. The van der Waals surface area contributed by atoms with Gasteiger partial charge in [-0.25, -0.2) is 4.98 Å². The first-order valence-corrected chi connectivity index (χ1v) is 7.45. The van der Waals surface area contributed by atoms with Gasteiger partial charge in [0, 0.05) is 16.8 Å². The minimum Gasteiger partial charge on any atom is -0.469 e. The lowest BCUT2D eigenvalue weighted by Crippen LogP contribution is -2.04. The van der Waals surface area contributed by atoms with Crippen molar-refractivity contribution in [2.75, 3.05) is 12.4 Å². The molecule has 0 spiro atoms. The largest absolute Gasteiger partial charge is 0.469 e. The van der Waals surface area contributed by atoms with Crippen LogP contribution in [0.25, 0.3) is 10.8 Å². The highest BCUT2D eigenvalue weighted by Crippen LogP contribution is 2.25. The summed E-state index contributed by atoms with van der Waals surface area (Å²) in [7, 11) is 1.40. The van der Waals surface area contributed by atoms with Crippen LogP contribution in [0.3, 0.4) is 0 Å². The standard InChI is InChI=1S/C19H18N2O2/c1-13-11-15-5-3-4-6-17(15)19(20-13)21-16-9-7-14(8-10-16)12-18(22)23-2/h3-11H,12H2,1-2H3,(H,20,21). The first kappa shape index (κ1) is 15.0. The van der Waals surface area contributed by atoms with Crippen molar-refractivity contribution in [3.05, 3.63) is 65.9 Å². The quantitative estimate of drug-likeness (QED) is 0.740. The summed E-state index contributed by atoms with van der Waals surface area (Å²) in [6.45, 7) is 1.98. The number of anilines is 2. The molecule has 3 rings (SSSR count). The topological polar surface area (TPSA) is 51.2 Å². The molecule has 23 heavy (non-hydrogen) atoms. The molecule has 0 bridgehead atoms. The van der Waals surface area contributed by atoms with Gasteiger partial charge in [0.25, 0.3) is 0 Å². The molecule has 0 amide bonds. The first-order chi connectivity index (χ1) is 11.2. The third-order valence-corrected chi connectivity index (χ3v) is 3.66. The summed E-state index contributed by atoms with van der Waals surface area (Å²) in [5.41, 5.74) is 2.82. The van der Waals surface area contributed by atoms with E-state index in [9.17, 15) is 4.79 Å². The Morgan fingerprint density at radius 1 is 1.13 bits per heavy atom. The molecule has 0 fully saturated rings. The number of aryl methyl sites for hydroxylation is 1. The number of aromatic nitrogens is 1. The van der Waals surface area contributed by atoms with Crippen LogP contribution >= 0.6 is 0 Å². The van der Waals surface area contributed by atoms with Crippen molar-refractivity contribution in [1.29, 1.82) is 0 Å². The van der Waals surface area contributed by atoms with Gasteiger partial charge in [-0.3, -0.25) is 4.79 Å². The van der Waals surface area contributed by atoms with E-state index in [1.54, 1.807) is 0 Å². The van der Waals surface area contributed by atoms with Gasteiger partial charge in [0.2, 0.25) is 0 Å². The van der Waals surface area contributed by atoms with Crippen LogP contribution in [-0.4, -0.2) is 18.1 Å². The van der Waals surface area contributed by atoms with E-state index in [1.165, 1.54) is 7.11 Å². The number of hydrogen-bond acceptors (Lipinski definition) is 4. The molecule has 1 N–H and O–H groups in total. The van der Waals surface area contributed by atoms with E-state index in [-0.39, 0.29) is 12.4 Å². The van der Waals surface area contributed by atoms with Crippen molar-refractivity contribution in [3.8, 4) is 0 Å². The number of pyridine rings is 1. The fraction of sp³-hybridized carbons (Fsp3) is 0.158. The van der Waals surface area contributed by atoms with Gasteiger partial charge in [-0.1, -0.05) is 36.4 Å². The van der Waals surface area contributed by atoms with E-state index in [0.717, 1.165) is 33.5 Å². The maximum Gasteiger partial charge on any atom is 0.309 e. The van der Waals surface area contributed by atoms with Gasteiger partial charge in [0.1, 0.15) is 5.82 Å². The van der Waals surface area contributed by atoms with E-state index < -0.39 is 0 Å². The highest BCUT2D eigenvalue weighted by molar-refractivity contribution is 5.93. The van der Waals surface area contributed by atoms with E-state index in [0.29, 0.717) is 0 Å². The Morgan fingerprint density at radius 3 is 2.61 bits per heavy atom. The van der Waals surface area contributed by atoms with Crippen LogP contribution in [0.1, 0.15) is 11.3 Å². The van der Waals surface area contributed by atoms with Crippen molar-refractivity contribution in [2.45, 2.75) is 13.3 Å². The van der Waals surface area contributed by atoms with Crippen molar-refractivity contribution < 1.29 is 9.53 Å². The monoisotopic (exact) mass is 306 g/mol. The molecule has 0 aliphatic carbocycles. The number of nitrogens with zero attached hydrogens (tertiary/aromatic N) is 1. The molecule has 0 unspecified atom stereocenters. The number of fused-ring (bicyclic) bond motifs is 1. The Morgan fingerprint density at radius 2 is 1.87 bits per heavy atom. The maximum atomic E-state index is 11.3. The zero-order chi connectivity index (χ0) is 16.2. The zero-order valence-electron chi connectivity index (χ0n) is 13.2. The summed E-state index contributed by atoms with van der Waals surface area (Å²) in [5, 5.41) is 5.59. The number of methoxy groups -OCH3 is 1. The minimum absolute atomic E-state index is 0.239. The molecule has 0 atom stereocenters. The lowest BCUT2D eigenvalue weighted by Gasteiger charge is -2.11. The second-order valence-electron chi connectivity index (χ2n) is 5.41. The second-order valence-corrected chi connectivity index (χ2v) is 5.41. The molecular formula is C19H18N2O2. The molecule has 0 radical (unpaired) electrons. The summed E-state index contributed by atoms with van der Waals surface area (Å²) >= 11 is 0. The van der Waals surface area contributed by atoms with Crippen LogP contribution in [0.15, 0.2) is 54.6 Å². The van der Waals surface area contributed by atoms with Crippen molar-refractivity contribution >= 4 is 28.2 Å². The zero-order valence-corrected chi connectivity index (χ0v) is 13.2. The van der Waals surface area contributed by atoms with Gasteiger partial charge in [0.05, 0.1) is 13.5 Å². The Labute approximate surface area is 135 Å². The van der Waals surface area contributed by atoms with Crippen molar-refractivity contribution in [3.63, 3.8) is 0 Å². The lowest BCUT2D eigenvalue weighted by molar-refractivity contribution is -0.139. The molecule has 1 heterocycles. The molecule has 3 aromatic rings. The minimum atomic E-state index is -0.239. The van der Waals surface area contributed by atoms with Crippen LogP contribution in [0, 0.1) is 6.92 Å². The van der Waals surface area contributed by atoms with E-state index in [4.69, 9.17) is 0 Å². The highest BCUT2D eigenvalue weighted by atomic mass is 16.5. The van der Waals surface area contributed by atoms with Crippen LogP contribution < -0.4 is 5.32 Å². The van der Waals surface area contributed by atoms with E-state index in [2.05, 4.69) is 33.2 Å². The van der Waals surface area contributed by atoms with Gasteiger partial charge in [0.15, 0.2) is 0 Å². The fourth-order valence-electron chi connectivity index (χ4n) is 2.51. The fourth-order valence-corrected chi connectivity index (χ4v) is 2.51. The Hall–Kier alpha value is -2.88. The van der Waals surface area contributed by atoms with Gasteiger partial charge in [-0.15, -0.1) is 0 Å². The number of rotatable bonds is 4. The Kier molecular flexibility index (Phi) is 4.24. The van der Waals surface area contributed by atoms with Gasteiger partial charge in [-0.2, -0.15) is 0 Å². The summed E-state index contributed by atoms with van der Waals surface area (Å²) in [4.78, 5) is 15.9. The number of ether oxygens (including phenoxy) is 1. The first-order valence-electron chi connectivity index (χ1n) is 7.45. The number of hydrogen-bond donors (Lipinski definition) is 1. The molecule has 0 saturated heterocycles. The van der Waals surface area contributed by atoms with Gasteiger partial charge >= 0.3 is 5.97 Å². The van der Waals surface area contributed by atoms with Crippen LogP contribution in [0.4, 0.5) is 11.5 Å². The lowest BCUT2D eigenvalue weighted by atomic mass is 10.1. The molecular weight excluding hydrogens is 288 g/mol. The Balaban J connectivity index is 1.86. The Bertz CT molecular complexity index is 842. The third kappa shape index (κ3) is 3.48. The molecule has 116 valence electrons. The summed E-state index contributed by atoms with van der Waals surface area (Å²) < 4.78 is 4.68. The molecule has 2 aromatic carbocycles. The molecule has 0 aliphatic rings. The molecule has 4 nitrogen and oxygen atoms in total. The van der Waals surface area contributed by atoms with Crippen molar-refractivity contribution in [2.24, 2.45) is 0 Å². The summed E-state index contributed by atoms with van der Waals surface area (Å²) in [5.74, 6) is 0.596. The summed E-state index contributed by atoms with van der Waals surface area (Å²) in [6, 6.07) is 17.9.